The van der Waals surface area contributed by atoms with Gasteiger partial charge in [-0.3, -0.25) is 0 Å². The van der Waals surface area contributed by atoms with Crippen LogP contribution in [0.3, 0.4) is 0 Å². The largest absolute Gasteiger partial charge is 0.329 e. The van der Waals surface area contributed by atoms with Gasteiger partial charge in [0.25, 0.3) is 10.2 Å². The number of rotatable bonds is 2. The predicted octanol–water partition coefficient (Wildman–Crippen LogP) is 0.529. The van der Waals surface area contributed by atoms with E-state index in [1.165, 1.54) is 0 Å². The maximum Gasteiger partial charge on any atom is 0.277 e. The van der Waals surface area contributed by atoms with Crippen LogP contribution >= 0.6 is 0 Å². The van der Waals surface area contributed by atoms with Gasteiger partial charge >= 0.3 is 0 Å². The van der Waals surface area contributed by atoms with Crippen molar-refractivity contribution in [1.82, 2.24) is 13.9 Å². The van der Waals surface area contributed by atoms with E-state index in [1.807, 2.05) is 4.57 Å². The van der Waals surface area contributed by atoms with Crippen LogP contribution in [0, 0.1) is 17.5 Å². The van der Waals surface area contributed by atoms with Crippen molar-refractivity contribution in [3.63, 3.8) is 0 Å². The molecule has 1 aromatic carbocycles. The molecule has 0 fully saturated rings. The molecule has 1 aromatic heterocycles. The number of hydrogen-bond acceptors (Lipinski definition) is 4. The molecule has 2 heterocycles. The molecule has 2 unspecified atom stereocenters. The summed E-state index contributed by atoms with van der Waals surface area (Å²) in [6.07, 6.45) is 0.634. The van der Waals surface area contributed by atoms with Crippen molar-refractivity contribution in [1.29, 1.82) is 0 Å². The van der Waals surface area contributed by atoms with E-state index < -0.39 is 39.6 Å². The third-order valence-electron chi connectivity index (χ3n) is 5.28. The maximum absolute atomic E-state index is 14.2. The SMILES string of the molecule is NC1Cc2c(nc3n2CCN(S(N)(=O)=O)C3)CC1c1cc(F)c(F)cc1F. The Morgan fingerprint density at radius 3 is 2.48 bits per heavy atom. The zero-order valence-electron chi connectivity index (χ0n) is 14.2. The molecule has 0 amide bonds. The van der Waals surface area contributed by atoms with Crippen molar-refractivity contribution in [2.24, 2.45) is 10.9 Å². The van der Waals surface area contributed by atoms with Gasteiger partial charge in [-0.2, -0.15) is 12.7 Å². The van der Waals surface area contributed by atoms with Gasteiger partial charge in [0.05, 0.1) is 12.2 Å². The molecule has 0 saturated heterocycles. The van der Waals surface area contributed by atoms with Gasteiger partial charge in [0.1, 0.15) is 11.6 Å². The quantitative estimate of drug-likeness (QED) is 0.716. The van der Waals surface area contributed by atoms with Gasteiger partial charge in [-0.15, -0.1) is 0 Å². The number of imidazole rings is 1. The smallest absolute Gasteiger partial charge is 0.277 e. The van der Waals surface area contributed by atoms with Crippen molar-refractivity contribution in [3.05, 3.63) is 52.4 Å². The van der Waals surface area contributed by atoms with E-state index in [9.17, 15) is 21.6 Å². The lowest BCUT2D eigenvalue weighted by Crippen LogP contribution is -2.43. The predicted molar refractivity (Wildman–Crippen MR) is 90.2 cm³/mol. The van der Waals surface area contributed by atoms with Gasteiger partial charge in [-0.1, -0.05) is 0 Å². The summed E-state index contributed by atoms with van der Waals surface area (Å²) in [6.45, 7) is 0.668. The number of hydrogen-bond donors (Lipinski definition) is 2. The van der Waals surface area contributed by atoms with E-state index in [2.05, 4.69) is 4.98 Å². The summed E-state index contributed by atoms with van der Waals surface area (Å²) in [5, 5.41) is 5.19. The second-order valence-electron chi connectivity index (χ2n) is 6.92. The highest BCUT2D eigenvalue weighted by Crippen LogP contribution is 2.35. The zero-order chi connectivity index (χ0) is 19.5. The van der Waals surface area contributed by atoms with E-state index in [1.54, 1.807) is 0 Å². The van der Waals surface area contributed by atoms with Crippen LogP contribution in [0.4, 0.5) is 13.2 Å². The highest BCUT2D eigenvalue weighted by molar-refractivity contribution is 7.86. The molecule has 7 nitrogen and oxygen atoms in total. The van der Waals surface area contributed by atoms with Crippen molar-refractivity contribution in [2.75, 3.05) is 6.54 Å². The zero-order valence-corrected chi connectivity index (χ0v) is 15.0. The van der Waals surface area contributed by atoms with Crippen LogP contribution in [0.15, 0.2) is 12.1 Å². The number of fused-ring (bicyclic) bond motifs is 3. The molecule has 11 heteroatoms. The summed E-state index contributed by atoms with van der Waals surface area (Å²) in [6, 6.07) is 0.863. The van der Waals surface area contributed by atoms with E-state index in [0.29, 0.717) is 30.6 Å². The second kappa shape index (κ2) is 6.30. The molecule has 2 atom stereocenters. The summed E-state index contributed by atoms with van der Waals surface area (Å²) in [5.41, 5.74) is 7.77. The van der Waals surface area contributed by atoms with Crippen LogP contribution in [-0.2, 0) is 36.1 Å². The van der Waals surface area contributed by atoms with Gasteiger partial charge in [0, 0.05) is 43.2 Å². The maximum atomic E-state index is 14.2. The van der Waals surface area contributed by atoms with Crippen molar-refractivity contribution in [2.45, 2.75) is 37.9 Å². The molecule has 4 rings (SSSR count). The van der Waals surface area contributed by atoms with Crippen molar-refractivity contribution in [3.8, 4) is 0 Å². The summed E-state index contributed by atoms with van der Waals surface area (Å²) >= 11 is 0. The number of halogens is 3. The Labute approximate surface area is 154 Å². The molecule has 0 bridgehead atoms. The molecule has 2 aromatic rings. The first kappa shape index (κ1) is 18.4. The van der Waals surface area contributed by atoms with Crippen LogP contribution < -0.4 is 10.9 Å². The molecule has 0 saturated carbocycles. The summed E-state index contributed by atoms with van der Waals surface area (Å²) in [5.74, 6) is -3.24. The highest BCUT2D eigenvalue weighted by Gasteiger charge is 2.36. The van der Waals surface area contributed by atoms with Crippen LogP contribution in [-0.4, -0.2) is 34.9 Å². The van der Waals surface area contributed by atoms with E-state index in [-0.39, 0.29) is 25.1 Å². The van der Waals surface area contributed by atoms with Gasteiger partial charge in [0.2, 0.25) is 0 Å². The number of nitrogens with zero attached hydrogens (tertiary/aromatic N) is 3. The number of benzene rings is 1. The fraction of sp³-hybridized carbons (Fsp3) is 0.438. The monoisotopic (exact) mass is 401 g/mol. The fourth-order valence-electron chi connectivity index (χ4n) is 3.92. The molecule has 1 aliphatic carbocycles. The minimum Gasteiger partial charge on any atom is -0.329 e. The minimum atomic E-state index is -3.82. The lowest BCUT2D eigenvalue weighted by Gasteiger charge is -2.31. The summed E-state index contributed by atoms with van der Waals surface area (Å²) in [4.78, 5) is 4.49. The minimum absolute atomic E-state index is 0.0178. The second-order valence-corrected chi connectivity index (χ2v) is 8.46. The normalized spacial score (nSPS) is 23.1. The van der Waals surface area contributed by atoms with Crippen LogP contribution in [0.25, 0.3) is 0 Å². The van der Waals surface area contributed by atoms with Gasteiger partial charge in [-0.05, 0) is 18.1 Å². The van der Waals surface area contributed by atoms with Crippen molar-refractivity contribution < 1.29 is 21.6 Å². The summed E-state index contributed by atoms with van der Waals surface area (Å²) in [7, 11) is -3.82. The van der Waals surface area contributed by atoms with Crippen molar-refractivity contribution >= 4 is 10.2 Å². The molecular formula is C16H18F3N5O2S. The molecule has 4 N–H and O–H groups in total. The van der Waals surface area contributed by atoms with Gasteiger partial charge < -0.3 is 10.3 Å². The first-order chi connectivity index (χ1) is 12.6. The molecule has 27 heavy (non-hydrogen) atoms. The lowest BCUT2D eigenvalue weighted by molar-refractivity contribution is 0.330. The molecule has 0 radical (unpaired) electrons. The standard InChI is InChI=1S/C16H18F3N5O2S/c17-10-5-12(19)11(18)3-8(10)9-4-14-15(6-13(9)20)24-2-1-23(27(21,25)26)7-16(24)22-14/h3,5,9,13H,1-2,4,6-7,20H2,(H2,21,25,26). The van der Waals surface area contributed by atoms with Gasteiger partial charge in [0.15, 0.2) is 11.6 Å². The topological polar surface area (TPSA) is 107 Å². The van der Waals surface area contributed by atoms with Gasteiger partial charge in [-0.25, -0.2) is 23.3 Å². The third-order valence-corrected chi connectivity index (χ3v) is 6.31. The molecule has 1 aliphatic heterocycles. The first-order valence-electron chi connectivity index (χ1n) is 8.40. The van der Waals surface area contributed by atoms with E-state index in [0.717, 1.165) is 16.1 Å². The molecule has 2 aliphatic rings. The molecule has 146 valence electrons. The van der Waals surface area contributed by atoms with E-state index >= 15 is 0 Å². The average Bonchev–Trinajstić information content (AvgIpc) is 2.93. The van der Waals surface area contributed by atoms with Crippen LogP contribution in [0.5, 0.6) is 0 Å². The lowest BCUT2D eigenvalue weighted by atomic mass is 9.80. The Bertz CT molecular complexity index is 1020. The Morgan fingerprint density at radius 2 is 1.78 bits per heavy atom. The Balaban J connectivity index is 1.68. The molecule has 0 spiro atoms. The average molecular weight is 401 g/mol. The number of aromatic nitrogens is 2. The van der Waals surface area contributed by atoms with Crippen LogP contribution in [0.2, 0.25) is 0 Å². The Morgan fingerprint density at radius 1 is 1.07 bits per heavy atom. The number of nitrogens with two attached hydrogens (primary N) is 2. The fourth-order valence-corrected chi connectivity index (χ4v) is 4.55. The van der Waals surface area contributed by atoms with E-state index in [4.69, 9.17) is 10.9 Å². The highest BCUT2D eigenvalue weighted by atomic mass is 32.2. The van der Waals surface area contributed by atoms with Crippen LogP contribution in [0.1, 0.15) is 28.7 Å². The Kier molecular flexibility index (Phi) is 4.29. The Hall–Kier alpha value is -1.95. The summed E-state index contributed by atoms with van der Waals surface area (Å²) < 4.78 is 67.2. The first-order valence-corrected chi connectivity index (χ1v) is 9.90. The molecular weight excluding hydrogens is 383 g/mol. The third kappa shape index (κ3) is 3.14.